The topological polar surface area (TPSA) is 64.0 Å². The zero-order valence-electron chi connectivity index (χ0n) is 17.1. The van der Waals surface area contributed by atoms with Crippen molar-refractivity contribution in [1.82, 2.24) is 9.78 Å². The van der Waals surface area contributed by atoms with Gasteiger partial charge in [0.2, 0.25) is 0 Å². The lowest BCUT2D eigenvalue weighted by Gasteiger charge is -2.12. The van der Waals surface area contributed by atoms with Gasteiger partial charge in [0.15, 0.2) is 5.69 Å². The average molecular weight is 417 g/mol. The molecule has 5 rings (SSSR count). The van der Waals surface area contributed by atoms with Crippen LogP contribution in [0.3, 0.4) is 0 Å². The van der Waals surface area contributed by atoms with E-state index in [1.807, 2.05) is 72.8 Å². The van der Waals surface area contributed by atoms with Gasteiger partial charge >= 0.3 is 0 Å². The predicted octanol–water partition coefficient (Wildman–Crippen LogP) is 5.31. The van der Waals surface area contributed by atoms with E-state index in [0.717, 1.165) is 11.1 Å². The third kappa shape index (κ3) is 3.68. The normalized spacial score (nSPS) is 10.8. The summed E-state index contributed by atoms with van der Waals surface area (Å²) in [5.41, 5.74) is 3.34. The molecule has 0 saturated heterocycles. The van der Waals surface area contributed by atoms with Crippen molar-refractivity contribution >= 4 is 22.4 Å². The van der Waals surface area contributed by atoms with E-state index in [9.17, 15) is 9.59 Å². The van der Waals surface area contributed by atoms with Gasteiger partial charge in [-0.3, -0.25) is 9.59 Å². The molecule has 0 aliphatic carbocycles. The molecule has 0 aliphatic heterocycles. The average Bonchev–Trinajstić information content (AvgIpc) is 2.86. The van der Waals surface area contributed by atoms with Crippen LogP contribution >= 0.6 is 0 Å². The summed E-state index contributed by atoms with van der Waals surface area (Å²) in [7, 11) is 0. The fourth-order valence-electron chi connectivity index (χ4n) is 3.67. The van der Waals surface area contributed by atoms with Gasteiger partial charge < -0.3 is 5.32 Å². The van der Waals surface area contributed by atoms with Gasteiger partial charge in [-0.05, 0) is 41.5 Å². The van der Waals surface area contributed by atoms with Crippen molar-refractivity contribution in [2.45, 2.75) is 0 Å². The van der Waals surface area contributed by atoms with E-state index in [-0.39, 0.29) is 17.2 Å². The number of carbonyl (C=O) groups excluding carboxylic acids is 1. The number of anilines is 1. The van der Waals surface area contributed by atoms with E-state index in [2.05, 4.69) is 10.4 Å². The maximum Gasteiger partial charge on any atom is 0.279 e. The SMILES string of the molecule is O=C(Nc1ccc(-c2ccccc2)cc1)c1nn(-c2ccccc2)c(=O)c2ccccc12. The van der Waals surface area contributed by atoms with Crippen molar-refractivity contribution in [3.05, 3.63) is 125 Å². The molecule has 0 spiro atoms. The molecule has 1 heterocycles. The van der Waals surface area contributed by atoms with Crippen molar-refractivity contribution < 1.29 is 4.79 Å². The summed E-state index contributed by atoms with van der Waals surface area (Å²) < 4.78 is 1.27. The lowest BCUT2D eigenvalue weighted by Crippen LogP contribution is -2.26. The predicted molar refractivity (Wildman–Crippen MR) is 127 cm³/mol. The summed E-state index contributed by atoms with van der Waals surface area (Å²) in [6.45, 7) is 0. The molecule has 5 heteroatoms. The van der Waals surface area contributed by atoms with Crippen molar-refractivity contribution in [2.75, 3.05) is 5.32 Å². The van der Waals surface area contributed by atoms with Crippen LogP contribution in [0.5, 0.6) is 0 Å². The second-order valence-electron chi connectivity index (χ2n) is 7.34. The number of para-hydroxylation sites is 1. The third-order valence-corrected chi connectivity index (χ3v) is 5.27. The second kappa shape index (κ2) is 8.32. The summed E-state index contributed by atoms with van der Waals surface area (Å²) in [5, 5.41) is 8.29. The highest BCUT2D eigenvalue weighted by Gasteiger charge is 2.17. The first kappa shape index (κ1) is 19.5. The number of aromatic nitrogens is 2. The maximum absolute atomic E-state index is 13.2. The number of benzene rings is 4. The summed E-state index contributed by atoms with van der Waals surface area (Å²) in [4.78, 5) is 26.2. The van der Waals surface area contributed by atoms with Crippen LogP contribution in [0.4, 0.5) is 5.69 Å². The van der Waals surface area contributed by atoms with Crippen molar-refractivity contribution in [2.24, 2.45) is 0 Å². The number of rotatable bonds is 4. The molecule has 32 heavy (non-hydrogen) atoms. The van der Waals surface area contributed by atoms with Crippen molar-refractivity contribution in [3.8, 4) is 16.8 Å². The molecule has 1 aromatic heterocycles. The largest absolute Gasteiger partial charge is 0.321 e. The molecule has 1 amide bonds. The first-order valence-electron chi connectivity index (χ1n) is 10.2. The van der Waals surface area contributed by atoms with Gasteiger partial charge in [0.1, 0.15) is 0 Å². The smallest absolute Gasteiger partial charge is 0.279 e. The number of hydrogen-bond donors (Lipinski definition) is 1. The summed E-state index contributed by atoms with van der Waals surface area (Å²) in [5.74, 6) is -0.377. The van der Waals surface area contributed by atoms with Crippen LogP contribution in [-0.2, 0) is 0 Å². The first-order valence-corrected chi connectivity index (χ1v) is 10.2. The van der Waals surface area contributed by atoms with Gasteiger partial charge in [0, 0.05) is 11.1 Å². The molecular weight excluding hydrogens is 398 g/mol. The number of carbonyl (C=O) groups is 1. The molecule has 0 unspecified atom stereocenters. The van der Waals surface area contributed by atoms with Crippen molar-refractivity contribution in [3.63, 3.8) is 0 Å². The minimum atomic E-state index is -0.377. The zero-order chi connectivity index (χ0) is 21.9. The quantitative estimate of drug-likeness (QED) is 0.431. The first-order chi connectivity index (χ1) is 15.7. The molecule has 0 saturated carbocycles. The standard InChI is InChI=1S/C27H19N3O2/c31-26(28-21-17-15-20(16-18-21)19-9-3-1-4-10-19)25-23-13-7-8-14-24(23)27(32)30(29-25)22-11-5-2-6-12-22/h1-18H,(H,28,31). The van der Waals surface area contributed by atoms with Crippen LogP contribution in [0.1, 0.15) is 10.5 Å². The Morgan fingerprint density at radius 2 is 1.22 bits per heavy atom. The second-order valence-corrected chi connectivity index (χ2v) is 7.34. The molecule has 5 aromatic rings. The molecule has 5 nitrogen and oxygen atoms in total. The fourth-order valence-corrected chi connectivity index (χ4v) is 3.67. The lowest BCUT2D eigenvalue weighted by molar-refractivity contribution is 0.102. The monoisotopic (exact) mass is 417 g/mol. The highest BCUT2D eigenvalue weighted by Crippen LogP contribution is 2.22. The Kier molecular flexibility index (Phi) is 5.06. The Bertz CT molecular complexity index is 1460. The van der Waals surface area contributed by atoms with Gasteiger partial charge in [0.25, 0.3) is 11.5 Å². The molecule has 0 fully saturated rings. The molecule has 0 aliphatic rings. The minimum absolute atomic E-state index is 0.191. The Morgan fingerprint density at radius 1 is 0.656 bits per heavy atom. The van der Waals surface area contributed by atoms with Crippen LogP contribution < -0.4 is 10.9 Å². The third-order valence-electron chi connectivity index (χ3n) is 5.27. The summed E-state index contributed by atoms with van der Waals surface area (Å²) >= 11 is 0. The van der Waals surface area contributed by atoms with E-state index in [1.54, 1.807) is 36.4 Å². The zero-order valence-corrected chi connectivity index (χ0v) is 17.1. The van der Waals surface area contributed by atoms with E-state index in [1.165, 1.54) is 4.68 Å². The molecule has 1 N–H and O–H groups in total. The Balaban J connectivity index is 1.52. The number of nitrogens with one attached hydrogen (secondary N) is 1. The summed E-state index contributed by atoms with van der Waals surface area (Å²) in [6.07, 6.45) is 0. The van der Waals surface area contributed by atoms with E-state index in [4.69, 9.17) is 0 Å². The Labute approximate surface area is 184 Å². The van der Waals surface area contributed by atoms with Gasteiger partial charge in [-0.25, -0.2) is 0 Å². The Hall–Kier alpha value is -4.51. The number of amides is 1. The van der Waals surface area contributed by atoms with E-state index in [0.29, 0.717) is 22.1 Å². The van der Waals surface area contributed by atoms with Crippen LogP contribution in [0, 0.1) is 0 Å². The number of nitrogens with zero attached hydrogens (tertiary/aromatic N) is 2. The molecule has 0 bridgehead atoms. The number of fused-ring (bicyclic) bond motifs is 1. The van der Waals surface area contributed by atoms with Gasteiger partial charge in [-0.15, -0.1) is 0 Å². The van der Waals surface area contributed by atoms with Gasteiger partial charge in [-0.1, -0.05) is 78.9 Å². The molecule has 0 radical (unpaired) electrons. The Morgan fingerprint density at radius 3 is 1.91 bits per heavy atom. The van der Waals surface area contributed by atoms with Crippen LogP contribution in [0.25, 0.3) is 27.6 Å². The highest BCUT2D eigenvalue weighted by atomic mass is 16.2. The minimum Gasteiger partial charge on any atom is -0.321 e. The van der Waals surface area contributed by atoms with Crippen LogP contribution in [-0.4, -0.2) is 15.7 Å². The van der Waals surface area contributed by atoms with Gasteiger partial charge in [-0.2, -0.15) is 9.78 Å². The molecule has 0 atom stereocenters. The molecular formula is C27H19N3O2. The van der Waals surface area contributed by atoms with Crippen LogP contribution in [0.15, 0.2) is 114 Å². The number of hydrogen-bond acceptors (Lipinski definition) is 3. The lowest BCUT2D eigenvalue weighted by atomic mass is 10.1. The fraction of sp³-hybridized carbons (Fsp3) is 0. The molecule has 154 valence electrons. The van der Waals surface area contributed by atoms with E-state index < -0.39 is 0 Å². The van der Waals surface area contributed by atoms with Crippen LogP contribution in [0.2, 0.25) is 0 Å². The highest BCUT2D eigenvalue weighted by molar-refractivity contribution is 6.11. The van der Waals surface area contributed by atoms with E-state index >= 15 is 0 Å². The van der Waals surface area contributed by atoms with Crippen molar-refractivity contribution in [1.29, 1.82) is 0 Å². The maximum atomic E-state index is 13.2. The van der Waals surface area contributed by atoms with Gasteiger partial charge in [0.05, 0.1) is 11.1 Å². The molecule has 4 aromatic carbocycles. The summed E-state index contributed by atoms with van der Waals surface area (Å²) in [6, 6.07) is 33.8.